The third-order valence-corrected chi connectivity index (χ3v) is 5.26. The van der Waals surface area contributed by atoms with E-state index in [0.29, 0.717) is 5.92 Å². The Bertz CT molecular complexity index is 889. The molecule has 0 radical (unpaired) electrons. The molecular formula is C25H22. The Morgan fingerprint density at radius 3 is 1.88 bits per heavy atom. The largest absolute Gasteiger partial charge is 0.0727 e. The van der Waals surface area contributed by atoms with E-state index in [0.717, 1.165) is 0 Å². The second-order valence-corrected chi connectivity index (χ2v) is 6.86. The molecule has 0 aromatic heterocycles. The van der Waals surface area contributed by atoms with Crippen molar-refractivity contribution in [3.63, 3.8) is 0 Å². The van der Waals surface area contributed by atoms with Crippen LogP contribution in [-0.4, -0.2) is 0 Å². The van der Waals surface area contributed by atoms with Crippen LogP contribution in [0.3, 0.4) is 0 Å². The summed E-state index contributed by atoms with van der Waals surface area (Å²) in [6.07, 6.45) is 7.09. The van der Waals surface area contributed by atoms with Crippen LogP contribution >= 0.6 is 0 Å². The van der Waals surface area contributed by atoms with Gasteiger partial charge in [-0.25, -0.2) is 0 Å². The molecule has 3 aromatic rings. The summed E-state index contributed by atoms with van der Waals surface area (Å²) in [6.45, 7) is 2.34. The summed E-state index contributed by atoms with van der Waals surface area (Å²) in [4.78, 5) is 0. The van der Waals surface area contributed by atoms with Gasteiger partial charge in [-0.15, -0.1) is 0 Å². The maximum Gasteiger partial charge on any atom is 0.0210 e. The minimum atomic E-state index is -0.0547. The van der Waals surface area contributed by atoms with E-state index in [1.54, 1.807) is 0 Å². The van der Waals surface area contributed by atoms with Crippen LogP contribution in [0.2, 0.25) is 0 Å². The highest BCUT2D eigenvalue weighted by Gasteiger charge is 2.35. The lowest BCUT2D eigenvalue weighted by molar-refractivity contribution is 0.526. The van der Waals surface area contributed by atoms with Crippen molar-refractivity contribution in [2.75, 3.05) is 0 Å². The topological polar surface area (TPSA) is 0 Å². The maximum absolute atomic E-state index is 2.43. The molecule has 0 saturated heterocycles. The first-order valence-electron chi connectivity index (χ1n) is 8.84. The summed E-state index contributed by atoms with van der Waals surface area (Å²) in [5.41, 5.74) is 5.22. The predicted octanol–water partition coefficient (Wildman–Crippen LogP) is 6.38. The van der Waals surface area contributed by atoms with Crippen molar-refractivity contribution < 1.29 is 0 Å². The minimum absolute atomic E-state index is 0.0547. The molecule has 0 amide bonds. The standard InChI is InChI=1S/C25H22/c1-25(23-15-9-4-10-16-23)18-17-22(20-11-5-2-6-12-20)19-24(25)21-13-7-3-8-14-21/h2-19,24H,1H3. The molecule has 0 aliphatic heterocycles. The van der Waals surface area contributed by atoms with Gasteiger partial charge in [-0.3, -0.25) is 0 Å². The first-order valence-corrected chi connectivity index (χ1v) is 8.84. The number of hydrogen-bond donors (Lipinski definition) is 0. The molecule has 4 rings (SSSR count). The monoisotopic (exact) mass is 322 g/mol. The molecule has 0 bridgehead atoms. The smallest absolute Gasteiger partial charge is 0.0210 e. The van der Waals surface area contributed by atoms with Crippen molar-refractivity contribution >= 4 is 5.57 Å². The molecule has 2 atom stereocenters. The van der Waals surface area contributed by atoms with Gasteiger partial charge in [0.2, 0.25) is 0 Å². The summed E-state index contributed by atoms with van der Waals surface area (Å²) in [5.74, 6) is 0.302. The zero-order valence-corrected chi connectivity index (χ0v) is 14.5. The highest BCUT2D eigenvalue weighted by molar-refractivity contribution is 5.77. The fourth-order valence-corrected chi connectivity index (χ4v) is 3.77. The van der Waals surface area contributed by atoms with Crippen molar-refractivity contribution in [2.45, 2.75) is 18.3 Å². The van der Waals surface area contributed by atoms with Crippen LogP contribution in [0.1, 0.15) is 29.5 Å². The van der Waals surface area contributed by atoms with Crippen LogP contribution < -0.4 is 0 Å². The summed E-state index contributed by atoms with van der Waals surface area (Å²) in [7, 11) is 0. The molecule has 0 saturated carbocycles. The molecule has 3 aromatic carbocycles. The molecule has 122 valence electrons. The third-order valence-electron chi connectivity index (χ3n) is 5.26. The SMILES string of the molecule is CC1(c2ccccc2)C=CC(c2ccccc2)=CC1c1ccccc1. The molecule has 0 nitrogen and oxygen atoms in total. The van der Waals surface area contributed by atoms with Crippen molar-refractivity contribution in [3.05, 3.63) is 126 Å². The van der Waals surface area contributed by atoms with E-state index in [9.17, 15) is 0 Å². The van der Waals surface area contributed by atoms with Gasteiger partial charge in [0.15, 0.2) is 0 Å². The summed E-state index contributed by atoms with van der Waals surface area (Å²) in [6, 6.07) is 32.3. The minimum Gasteiger partial charge on any atom is -0.0727 e. The van der Waals surface area contributed by atoms with E-state index in [-0.39, 0.29) is 5.41 Å². The molecule has 1 aliphatic carbocycles. The molecule has 1 aliphatic rings. The Labute approximate surface area is 150 Å². The van der Waals surface area contributed by atoms with Gasteiger partial charge in [-0.1, -0.05) is 116 Å². The van der Waals surface area contributed by atoms with E-state index >= 15 is 0 Å². The molecule has 2 unspecified atom stereocenters. The van der Waals surface area contributed by atoms with Crippen LogP contribution in [0.25, 0.3) is 5.57 Å². The number of benzene rings is 3. The van der Waals surface area contributed by atoms with Gasteiger partial charge in [-0.05, 0) is 22.3 Å². The van der Waals surface area contributed by atoms with E-state index in [1.807, 2.05) is 0 Å². The third kappa shape index (κ3) is 2.96. The Balaban J connectivity index is 1.84. The van der Waals surface area contributed by atoms with Crippen molar-refractivity contribution in [1.82, 2.24) is 0 Å². The second-order valence-electron chi connectivity index (χ2n) is 6.86. The van der Waals surface area contributed by atoms with Gasteiger partial charge < -0.3 is 0 Å². The zero-order valence-electron chi connectivity index (χ0n) is 14.5. The van der Waals surface area contributed by atoms with Gasteiger partial charge in [0.1, 0.15) is 0 Å². The van der Waals surface area contributed by atoms with E-state index in [2.05, 4.69) is 116 Å². The van der Waals surface area contributed by atoms with Gasteiger partial charge in [0.25, 0.3) is 0 Å². The lowest BCUT2D eigenvalue weighted by Crippen LogP contribution is -2.29. The molecule has 0 spiro atoms. The average Bonchev–Trinajstić information content (AvgIpc) is 2.70. The van der Waals surface area contributed by atoms with Crippen LogP contribution in [0, 0.1) is 0 Å². The Morgan fingerprint density at radius 2 is 1.24 bits per heavy atom. The first kappa shape index (κ1) is 15.7. The van der Waals surface area contributed by atoms with Crippen LogP contribution in [0.4, 0.5) is 0 Å². The van der Waals surface area contributed by atoms with Crippen LogP contribution in [-0.2, 0) is 5.41 Å². The summed E-state index contributed by atoms with van der Waals surface area (Å²) in [5, 5.41) is 0. The van der Waals surface area contributed by atoms with Crippen molar-refractivity contribution in [2.24, 2.45) is 0 Å². The Hall–Kier alpha value is -2.86. The zero-order chi connectivity index (χ0) is 17.1. The van der Waals surface area contributed by atoms with Crippen LogP contribution in [0.15, 0.2) is 109 Å². The molecule has 0 heterocycles. The number of allylic oxidation sites excluding steroid dienone is 4. The molecule has 0 heteroatoms. The summed E-state index contributed by atoms with van der Waals surface area (Å²) >= 11 is 0. The normalized spacial score (nSPS) is 22.4. The maximum atomic E-state index is 2.43. The van der Waals surface area contributed by atoms with Gasteiger partial charge in [0, 0.05) is 11.3 Å². The number of hydrogen-bond acceptors (Lipinski definition) is 0. The molecular weight excluding hydrogens is 300 g/mol. The van der Waals surface area contributed by atoms with Gasteiger partial charge >= 0.3 is 0 Å². The van der Waals surface area contributed by atoms with E-state index in [1.165, 1.54) is 22.3 Å². The fourth-order valence-electron chi connectivity index (χ4n) is 3.77. The second kappa shape index (κ2) is 6.57. The van der Waals surface area contributed by atoms with Crippen molar-refractivity contribution in [1.29, 1.82) is 0 Å². The Kier molecular flexibility index (Phi) is 4.11. The highest BCUT2D eigenvalue weighted by atomic mass is 14.4. The van der Waals surface area contributed by atoms with E-state index in [4.69, 9.17) is 0 Å². The predicted molar refractivity (Wildman–Crippen MR) is 107 cm³/mol. The van der Waals surface area contributed by atoms with Gasteiger partial charge in [0.05, 0.1) is 0 Å². The first-order chi connectivity index (χ1) is 12.3. The molecule has 25 heavy (non-hydrogen) atoms. The lowest BCUT2D eigenvalue weighted by atomic mass is 9.65. The lowest BCUT2D eigenvalue weighted by Gasteiger charge is -2.37. The van der Waals surface area contributed by atoms with Crippen molar-refractivity contribution in [3.8, 4) is 0 Å². The number of rotatable bonds is 3. The fraction of sp³-hybridized carbons (Fsp3) is 0.120. The van der Waals surface area contributed by atoms with Gasteiger partial charge in [-0.2, -0.15) is 0 Å². The van der Waals surface area contributed by atoms with Crippen LogP contribution in [0.5, 0.6) is 0 Å². The summed E-state index contributed by atoms with van der Waals surface area (Å²) < 4.78 is 0. The molecule has 0 fully saturated rings. The highest BCUT2D eigenvalue weighted by Crippen LogP contribution is 2.45. The van der Waals surface area contributed by atoms with E-state index < -0.39 is 0 Å². The Morgan fingerprint density at radius 1 is 0.680 bits per heavy atom. The quantitative estimate of drug-likeness (QED) is 0.524. The average molecular weight is 322 g/mol. The molecule has 0 N–H and O–H groups in total.